The fraction of sp³-hybridized carbons (Fsp3) is 0.231. The van der Waals surface area contributed by atoms with Crippen molar-refractivity contribution in [3.8, 4) is 11.4 Å². The van der Waals surface area contributed by atoms with Gasteiger partial charge in [-0.05, 0) is 34.8 Å². The first-order valence-corrected chi connectivity index (χ1v) is 6.09. The summed E-state index contributed by atoms with van der Waals surface area (Å²) in [5.41, 5.74) is 3.35. The Morgan fingerprint density at radius 1 is 1.25 bits per heavy atom. The van der Waals surface area contributed by atoms with E-state index in [9.17, 15) is 0 Å². The van der Waals surface area contributed by atoms with Crippen LogP contribution in [-0.2, 0) is 6.42 Å². The summed E-state index contributed by atoms with van der Waals surface area (Å²) >= 11 is 3.46. The number of nitrogens with zero attached hydrogens (tertiary/aromatic N) is 2. The maximum Gasteiger partial charge on any atom is 0.159 e. The van der Waals surface area contributed by atoms with Gasteiger partial charge in [0.25, 0.3) is 0 Å². The Balaban J connectivity index is 2.53. The largest absolute Gasteiger partial charge is 0.235 e. The lowest BCUT2D eigenvalue weighted by atomic mass is 10.1. The molecule has 2 nitrogen and oxygen atoms in total. The van der Waals surface area contributed by atoms with E-state index in [1.807, 2.05) is 18.3 Å². The normalized spacial score (nSPS) is 10.4. The van der Waals surface area contributed by atoms with Gasteiger partial charge in [0.05, 0.1) is 10.2 Å². The molecule has 0 unspecified atom stereocenters. The molecule has 2 rings (SSSR count). The maximum atomic E-state index is 4.56. The van der Waals surface area contributed by atoms with Crippen molar-refractivity contribution >= 4 is 15.9 Å². The van der Waals surface area contributed by atoms with Gasteiger partial charge in [-0.15, -0.1) is 0 Å². The van der Waals surface area contributed by atoms with Crippen molar-refractivity contribution in [1.29, 1.82) is 0 Å². The van der Waals surface area contributed by atoms with Crippen molar-refractivity contribution < 1.29 is 0 Å². The van der Waals surface area contributed by atoms with Gasteiger partial charge < -0.3 is 0 Å². The standard InChI is InChI=1S/C13H13BrN2/c1-3-12-11(14)8-15-13(16-12)10-7-5-4-6-9(10)2/h4-8H,3H2,1-2H3. The Bertz CT molecular complexity index is 509. The highest BCUT2D eigenvalue weighted by Crippen LogP contribution is 2.22. The molecule has 16 heavy (non-hydrogen) atoms. The molecule has 0 atom stereocenters. The molecular formula is C13H13BrN2. The van der Waals surface area contributed by atoms with Crippen molar-refractivity contribution in [2.75, 3.05) is 0 Å². The second-order valence-corrected chi connectivity index (χ2v) is 4.51. The lowest BCUT2D eigenvalue weighted by Crippen LogP contribution is -1.96. The van der Waals surface area contributed by atoms with Crippen LogP contribution in [0.2, 0.25) is 0 Å². The molecule has 0 fully saturated rings. The van der Waals surface area contributed by atoms with Gasteiger partial charge in [0.1, 0.15) is 0 Å². The third-order valence-electron chi connectivity index (χ3n) is 2.54. The van der Waals surface area contributed by atoms with Crippen LogP contribution in [0.4, 0.5) is 0 Å². The van der Waals surface area contributed by atoms with Crippen LogP contribution in [0.5, 0.6) is 0 Å². The number of benzene rings is 1. The van der Waals surface area contributed by atoms with Gasteiger partial charge in [0.15, 0.2) is 5.82 Å². The molecule has 0 aliphatic carbocycles. The van der Waals surface area contributed by atoms with Crippen molar-refractivity contribution in [1.82, 2.24) is 9.97 Å². The molecule has 0 amide bonds. The summed E-state index contributed by atoms with van der Waals surface area (Å²) in [7, 11) is 0. The molecule has 2 aromatic rings. The van der Waals surface area contributed by atoms with E-state index >= 15 is 0 Å². The number of halogens is 1. The van der Waals surface area contributed by atoms with Crippen LogP contribution in [0.15, 0.2) is 34.9 Å². The van der Waals surface area contributed by atoms with Gasteiger partial charge >= 0.3 is 0 Å². The van der Waals surface area contributed by atoms with E-state index in [4.69, 9.17) is 0 Å². The van der Waals surface area contributed by atoms with Crippen LogP contribution < -0.4 is 0 Å². The molecule has 0 spiro atoms. The van der Waals surface area contributed by atoms with E-state index in [2.05, 4.69) is 51.9 Å². The number of hydrogen-bond donors (Lipinski definition) is 0. The molecule has 1 heterocycles. The van der Waals surface area contributed by atoms with Gasteiger partial charge in [-0.25, -0.2) is 9.97 Å². The van der Waals surface area contributed by atoms with E-state index in [0.29, 0.717) is 0 Å². The second kappa shape index (κ2) is 4.74. The molecule has 1 aromatic heterocycles. The second-order valence-electron chi connectivity index (χ2n) is 3.66. The highest BCUT2D eigenvalue weighted by Gasteiger charge is 2.07. The summed E-state index contributed by atoms with van der Waals surface area (Å²) in [6.07, 6.45) is 2.73. The Hall–Kier alpha value is -1.22. The zero-order chi connectivity index (χ0) is 11.5. The lowest BCUT2D eigenvalue weighted by molar-refractivity contribution is 0.989. The number of hydrogen-bond acceptors (Lipinski definition) is 2. The van der Waals surface area contributed by atoms with Crippen molar-refractivity contribution in [3.05, 3.63) is 46.2 Å². The van der Waals surface area contributed by atoms with E-state index in [-0.39, 0.29) is 0 Å². The summed E-state index contributed by atoms with van der Waals surface area (Å²) in [5.74, 6) is 0.804. The van der Waals surface area contributed by atoms with E-state index in [0.717, 1.165) is 28.0 Å². The summed E-state index contributed by atoms with van der Waals surface area (Å²) in [6.45, 7) is 4.17. The fourth-order valence-corrected chi connectivity index (χ4v) is 2.08. The number of aryl methyl sites for hydroxylation is 2. The molecule has 0 N–H and O–H groups in total. The molecule has 0 bridgehead atoms. The van der Waals surface area contributed by atoms with E-state index < -0.39 is 0 Å². The number of aromatic nitrogens is 2. The minimum atomic E-state index is 0.804. The summed E-state index contributed by atoms with van der Waals surface area (Å²) in [6, 6.07) is 8.17. The first kappa shape index (κ1) is 11.3. The first-order valence-electron chi connectivity index (χ1n) is 5.29. The zero-order valence-corrected chi connectivity index (χ0v) is 11.0. The molecule has 1 aromatic carbocycles. The van der Waals surface area contributed by atoms with Crippen molar-refractivity contribution in [2.24, 2.45) is 0 Å². The molecule has 0 saturated carbocycles. The van der Waals surface area contributed by atoms with Gasteiger partial charge in [-0.1, -0.05) is 31.2 Å². The van der Waals surface area contributed by atoms with Gasteiger partial charge in [-0.3, -0.25) is 0 Å². The van der Waals surface area contributed by atoms with Gasteiger partial charge in [0, 0.05) is 11.8 Å². The average Bonchev–Trinajstić information content (AvgIpc) is 2.31. The van der Waals surface area contributed by atoms with Crippen molar-refractivity contribution in [2.45, 2.75) is 20.3 Å². The molecule has 3 heteroatoms. The fourth-order valence-electron chi connectivity index (χ4n) is 1.60. The first-order chi connectivity index (χ1) is 7.72. The third-order valence-corrected chi connectivity index (χ3v) is 3.20. The molecular weight excluding hydrogens is 264 g/mol. The molecule has 82 valence electrons. The topological polar surface area (TPSA) is 25.8 Å². The Morgan fingerprint density at radius 3 is 2.69 bits per heavy atom. The minimum absolute atomic E-state index is 0.804. The van der Waals surface area contributed by atoms with Crippen molar-refractivity contribution in [3.63, 3.8) is 0 Å². The van der Waals surface area contributed by atoms with Crippen LogP contribution in [-0.4, -0.2) is 9.97 Å². The minimum Gasteiger partial charge on any atom is -0.235 e. The molecule has 0 saturated heterocycles. The van der Waals surface area contributed by atoms with Gasteiger partial charge in [0.2, 0.25) is 0 Å². The average molecular weight is 277 g/mol. The zero-order valence-electron chi connectivity index (χ0n) is 9.37. The number of rotatable bonds is 2. The summed E-state index contributed by atoms with van der Waals surface area (Å²) < 4.78 is 0.979. The van der Waals surface area contributed by atoms with Crippen LogP contribution in [0.3, 0.4) is 0 Å². The monoisotopic (exact) mass is 276 g/mol. The maximum absolute atomic E-state index is 4.56. The predicted molar refractivity (Wildman–Crippen MR) is 69.3 cm³/mol. The lowest BCUT2D eigenvalue weighted by Gasteiger charge is -2.06. The van der Waals surface area contributed by atoms with E-state index in [1.165, 1.54) is 5.56 Å². The SMILES string of the molecule is CCc1nc(-c2ccccc2C)ncc1Br. The molecule has 0 radical (unpaired) electrons. The Morgan fingerprint density at radius 2 is 2.00 bits per heavy atom. The van der Waals surface area contributed by atoms with Crippen LogP contribution in [0.25, 0.3) is 11.4 Å². The Kier molecular flexibility index (Phi) is 3.34. The van der Waals surface area contributed by atoms with Crippen LogP contribution in [0.1, 0.15) is 18.2 Å². The molecule has 0 aliphatic heterocycles. The highest BCUT2D eigenvalue weighted by molar-refractivity contribution is 9.10. The van der Waals surface area contributed by atoms with Crippen LogP contribution >= 0.6 is 15.9 Å². The quantitative estimate of drug-likeness (QED) is 0.834. The summed E-state index contributed by atoms with van der Waals surface area (Å²) in [4.78, 5) is 8.92. The van der Waals surface area contributed by atoms with Gasteiger partial charge in [-0.2, -0.15) is 0 Å². The molecule has 0 aliphatic rings. The Labute approximate surface area is 104 Å². The summed E-state index contributed by atoms with van der Waals surface area (Å²) in [5, 5.41) is 0. The third kappa shape index (κ3) is 2.14. The highest BCUT2D eigenvalue weighted by atomic mass is 79.9. The predicted octanol–water partition coefficient (Wildman–Crippen LogP) is 3.78. The smallest absolute Gasteiger partial charge is 0.159 e. The van der Waals surface area contributed by atoms with Crippen LogP contribution in [0, 0.1) is 6.92 Å². The van der Waals surface area contributed by atoms with E-state index in [1.54, 1.807) is 0 Å².